The van der Waals surface area contributed by atoms with E-state index in [-0.39, 0.29) is 12.1 Å². The molecular formula is C9H16N2O. The van der Waals surface area contributed by atoms with Crippen molar-refractivity contribution in [1.82, 2.24) is 10.2 Å². The summed E-state index contributed by atoms with van der Waals surface area (Å²) in [5, 5.41) is 2.78. The topological polar surface area (TPSA) is 32.3 Å². The van der Waals surface area contributed by atoms with Crippen molar-refractivity contribution in [2.75, 3.05) is 13.1 Å². The quantitative estimate of drug-likeness (QED) is 0.631. The van der Waals surface area contributed by atoms with Crippen LogP contribution in [-0.2, 0) is 0 Å². The average molecular weight is 168 g/mol. The largest absolute Gasteiger partial charge is 0.336 e. The smallest absolute Gasteiger partial charge is 0.318 e. The first kappa shape index (κ1) is 9.10. The first-order valence-corrected chi connectivity index (χ1v) is 4.34. The van der Waals surface area contributed by atoms with Crippen LogP contribution >= 0.6 is 0 Å². The Morgan fingerprint density at radius 2 is 2.33 bits per heavy atom. The van der Waals surface area contributed by atoms with Gasteiger partial charge in [0.1, 0.15) is 0 Å². The van der Waals surface area contributed by atoms with Crippen LogP contribution in [0.25, 0.3) is 0 Å². The average Bonchev–Trinajstić information content (AvgIpc) is 2.38. The normalized spacial score (nSPS) is 19.6. The Morgan fingerprint density at radius 3 is 2.67 bits per heavy atom. The molecule has 0 saturated carbocycles. The molecule has 0 aliphatic carbocycles. The van der Waals surface area contributed by atoms with Gasteiger partial charge >= 0.3 is 6.03 Å². The number of hydrogen-bond donors (Lipinski definition) is 1. The van der Waals surface area contributed by atoms with Gasteiger partial charge in [0, 0.05) is 13.1 Å². The van der Waals surface area contributed by atoms with Gasteiger partial charge in [0.2, 0.25) is 0 Å². The van der Waals surface area contributed by atoms with E-state index in [0.717, 1.165) is 13.1 Å². The highest BCUT2D eigenvalue weighted by molar-refractivity contribution is 5.76. The molecule has 1 unspecified atom stereocenters. The minimum atomic E-state index is 0.0357. The fourth-order valence-electron chi connectivity index (χ4n) is 1.53. The molecule has 0 aromatic carbocycles. The van der Waals surface area contributed by atoms with E-state index in [0.29, 0.717) is 5.92 Å². The lowest BCUT2D eigenvalue weighted by atomic mass is 10.0. The molecule has 0 spiro atoms. The number of urea groups is 1. The van der Waals surface area contributed by atoms with E-state index in [4.69, 9.17) is 0 Å². The van der Waals surface area contributed by atoms with E-state index in [1.165, 1.54) is 0 Å². The first-order valence-electron chi connectivity index (χ1n) is 4.34. The summed E-state index contributed by atoms with van der Waals surface area (Å²) in [6, 6.07) is 0.209. The first-order chi connectivity index (χ1) is 5.66. The summed E-state index contributed by atoms with van der Waals surface area (Å²) in [6.45, 7) is 9.49. The van der Waals surface area contributed by atoms with Gasteiger partial charge in [-0.25, -0.2) is 4.79 Å². The van der Waals surface area contributed by atoms with Crippen molar-refractivity contribution in [3.8, 4) is 0 Å². The molecule has 0 aromatic heterocycles. The van der Waals surface area contributed by atoms with Gasteiger partial charge in [-0.3, -0.25) is 0 Å². The third-order valence-electron chi connectivity index (χ3n) is 2.17. The second-order valence-corrected chi connectivity index (χ2v) is 3.40. The monoisotopic (exact) mass is 168 g/mol. The zero-order valence-electron chi connectivity index (χ0n) is 7.71. The molecule has 1 rings (SSSR count). The van der Waals surface area contributed by atoms with Crippen molar-refractivity contribution in [1.29, 1.82) is 0 Å². The standard InChI is InChI=1S/C9H16N2O/c1-4-8(7(2)3)11-6-5-10-9(11)12/h4,7-8H,1,5-6H2,2-3H3,(H,10,12). The predicted octanol–water partition coefficient (Wildman–Crippen LogP) is 1.22. The van der Waals surface area contributed by atoms with Gasteiger partial charge in [-0.05, 0) is 5.92 Å². The van der Waals surface area contributed by atoms with Crippen LogP contribution in [0.3, 0.4) is 0 Å². The van der Waals surface area contributed by atoms with Crippen LogP contribution in [-0.4, -0.2) is 30.1 Å². The van der Waals surface area contributed by atoms with Gasteiger partial charge in [0.25, 0.3) is 0 Å². The molecule has 1 saturated heterocycles. The maximum atomic E-state index is 11.2. The molecule has 3 heteroatoms. The van der Waals surface area contributed by atoms with Crippen molar-refractivity contribution in [3.05, 3.63) is 12.7 Å². The molecule has 1 N–H and O–H groups in total. The van der Waals surface area contributed by atoms with E-state index in [1.54, 1.807) is 0 Å². The Balaban J connectivity index is 2.65. The van der Waals surface area contributed by atoms with Crippen LogP contribution in [0.5, 0.6) is 0 Å². The molecular weight excluding hydrogens is 152 g/mol. The zero-order valence-corrected chi connectivity index (χ0v) is 7.71. The highest BCUT2D eigenvalue weighted by Crippen LogP contribution is 2.13. The van der Waals surface area contributed by atoms with E-state index >= 15 is 0 Å². The Kier molecular flexibility index (Phi) is 2.74. The van der Waals surface area contributed by atoms with Crippen molar-refractivity contribution in [2.45, 2.75) is 19.9 Å². The molecule has 68 valence electrons. The second kappa shape index (κ2) is 3.61. The number of nitrogens with one attached hydrogen (secondary N) is 1. The van der Waals surface area contributed by atoms with Crippen LogP contribution in [0.1, 0.15) is 13.8 Å². The maximum absolute atomic E-state index is 11.2. The van der Waals surface area contributed by atoms with Gasteiger partial charge in [-0.15, -0.1) is 6.58 Å². The predicted molar refractivity (Wildman–Crippen MR) is 48.9 cm³/mol. The summed E-state index contributed by atoms with van der Waals surface area (Å²) in [6.07, 6.45) is 1.84. The van der Waals surface area contributed by atoms with Crippen LogP contribution in [0.2, 0.25) is 0 Å². The number of rotatable bonds is 3. The van der Waals surface area contributed by atoms with Crippen LogP contribution < -0.4 is 5.32 Å². The highest BCUT2D eigenvalue weighted by atomic mass is 16.2. The van der Waals surface area contributed by atoms with Gasteiger partial charge in [0.05, 0.1) is 6.04 Å². The van der Waals surface area contributed by atoms with Crippen LogP contribution in [0.15, 0.2) is 12.7 Å². The number of carbonyl (C=O) groups excluding carboxylic acids is 1. The molecule has 2 amide bonds. The van der Waals surface area contributed by atoms with E-state index in [9.17, 15) is 4.79 Å². The summed E-state index contributed by atoms with van der Waals surface area (Å²) in [4.78, 5) is 13.1. The summed E-state index contributed by atoms with van der Waals surface area (Å²) in [5.41, 5.74) is 0. The third-order valence-corrected chi connectivity index (χ3v) is 2.17. The van der Waals surface area contributed by atoms with Crippen molar-refractivity contribution < 1.29 is 4.79 Å². The maximum Gasteiger partial charge on any atom is 0.318 e. The number of nitrogens with zero attached hydrogens (tertiary/aromatic N) is 1. The minimum absolute atomic E-state index is 0.0357. The Labute approximate surface area is 73.4 Å². The summed E-state index contributed by atoms with van der Waals surface area (Å²) in [7, 11) is 0. The fraction of sp³-hybridized carbons (Fsp3) is 0.667. The molecule has 1 aliphatic rings. The second-order valence-electron chi connectivity index (χ2n) is 3.40. The fourth-order valence-corrected chi connectivity index (χ4v) is 1.53. The van der Waals surface area contributed by atoms with Crippen LogP contribution in [0.4, 0.5) is 4.79 Å². The van der Waals surface area contributed by atoms with E-state index in [2.05, 4.69) is 25.7 Å². The lowest BCUT2D eigenvalue weighted by Gasteiger charge is -2.26. The van der Waals surface area contributed by atoms with Gasteiger partial charge < -0.3 is 10.2 Å². The van der Waals surface area contributed by atoms with Crippen molar-refractivity contribution in [2.24, 2.45) is 5.92 Å². The lowest BCUT2D eigenvalue weighted by molar-refractivity contribution is 0.195. The van der Waals surface area contributed by atoms with Gasteiger partial charge in [-0.1, -0.05) is 19.9 Å². The van der Waals surface area contributed by atoms with Crippen molar-refractivity contribution >= 4 is 6.03 Å². The van der Waals surface area contributed by atoms with Gasteiger partial charge in [0.15, 0.2) is 0 Å². The molecule has 1 fully saturated rings. The molecule has 12 heavy (non-hydrogen) atoms. The molecule has 1 atom stereocenters. The summed E-state index contributed by atoms with van der Waals surface area (Å²) < 4.78 is 0. The highest BCUT2D eigenvalue weighted by Gasteiger charge is 2.27. The Bertz CT molecular complexity index is 189. The molecule has 0 aromatic rings. The van der Waals surface area contributed by atoms with E-state index < -0.39 is 0 Å². The summed E-state index contributed by atoms with van der Waals surface area (Å²) in [5.74, 6) is 0.436. The third kappa shape index (κ3) is 1.60. The van der Waals surface area contributed by atoms with Gasteiger partial charge in [-0.2, -0.15) is 0 Å². The van der Waals surface area contributed by atoms with Crippen LogP contribution in [0, 0.1) is 5.92 Å². The molecule has 1 aliphatic heterocycles. The lowest BCUT2D eigenvalue weighted by Crippen LogP contribution is -2.39. The number of amides is 2. The zero-order chi connectivity index (χ0) is 9.14. The van der Waals surface area contributed by atoms with Crippen molar-refractivity contribution in [3.63, 3.8) is 0 Å². The molecule has 0 bridgehead atoms. The Hall–Kier alpha value is -0.990. The molecule has 3 nitrogen and oxygen atoms in total. The SMILES string of the molecule is C=CC(C(C)C)N1CCNC1=O. The number of carbonyl (C=O) groups is 1. The number of hydrogen-bond acceptors (Lipinski definition) is 1. The van der Waals surface area contributed by atoms with E-state index in [1.807, 2.05) is 11.0 Å². The molecule has 1 heterocycles. The molecule has 0 radical (unpaired) electrons. The Morgan fingerprint density at radius 1 is 1.67 bits per heavy atom. The summed E-state index contributed by atoms with van der Waals surface area (Å²) >= 11 is 0. The minimum Gasteiger partial charge on any atom is -0.336 e.